The fourth-order valence-corrected chi connectivity index (χ4v) is 1.28. The molecule has 0 unspecified atom stereocenters. The number of para-hydroxylation sites is 1. The van der Waals surface area contributed by atoms with E-state index in [0.29, 0.717) is 11.3 Å². The molecule has 0 saturated heterocycles. The maximum absolute atomic E-state index is 11.4. The first-order valence-electron chi connectivity index (χ1n) is 4.29. The number of carbonyl (C=O) groups excluding carboxylic acids is 2. The second-order valence-electron chi connectivity index (χ2n) is 3.07. The van der Waals surface area contributed by atoms with E-state index in [1.54, 1.807) is 31.2 Å². The van der Waals surface area contributed by atoms with Crippen LogP contribution in [0.25, 0.3) is 0 Å². The largest absolute Gasteiger partial charge is 0.480 e. The molecule has 0 fully saturated rings. The van der Waals surface area contributed by atoms with Crippen LogP contribution in [0.4, 0.5) is 0 Å². The number of hydrogen-bond acceptors (Lipinski definition) is 3. The Morgan fingerprint density at radius 2 is 2.00 bits per heavy atom. The molecule has 0 spiro atoms. The molecule has 1 aromatic carbocycles. The predicted octanol–water partition coefficient (Wildman–Crippen LogP) is 0.724. The number of hydrogen-bond donors (Lipinski definition) is 1. The van der Waals surface area contributed by atoms with Crippen LogP contribution >= 0.6 is 0 Å². The van der Waals surface area contributed by atoms with Crippen LogP contribution in [0.3, 0.4) is 0 Å². The predicted molar refractivity (Wildman–Crippen MR) is 49.0 cm³/mol. The molecule has 1 N–H and O–H groups in total. The molecule has 1 aromatic rings. The van der Waals surface area contributed by atoms with Crippen LogP contribution in [-0.4, -0.2) is 17.9 Å². The molecular weight excluding hydrogens is 182 g/mol. The van der Waals surface area contributed by atoms with Gasteiger partial charge in [-0.1, -0.05) is 12.1 Å². The quantitative estimate of drug-likeness (QED) is 0.615. The number of carbonyl (C=O) groups is 2. The second-order valence-corrected chi connectivity index (χ2v) is 3.07. The number of benzene rings is 1. The average molecular weight is 191 g/mol. The fraction of sp³-hybridized carbons (Fsp3) is 0.200. The Hall–Kier alpha value is -1.84. The van der Waals surface area contributed by atoms with Crippen LogP contribution in [0.5, 0.6) is 5.75 Å². The van der Waals surface area contributed by atoms with Crippen molar-refractivity contribution in [3.05, 3.63) is 29.8 Å². The summed E-state index contributed by atoms with van der Waals surface area (Å²) in [6.45, 7) is 1.60. The van der Waals surface area contributed by atoms with Gasteiger partial charge in [-0.15, -0.1) is 0 Å². The molecule has 0 saturated carbocycles. The van der Waals surface area contributed by atoms with E-state index >= 15 is 0 Å². The molecule has 0 bridgehead atoms. The molecule has 1 aliphatic rings. The van der Waals surface area contributed by atoms with E-state index < -0.39 is 17.9 Å². The van der Waals surface area contributed by atoms with Crippen molar-refractivity contribution in [2.24, 2.45) is 0 Å². The maximum atomic E-state index is 11.4. The van der Waals surface area contributed by atoms with Gasteiger partial charge < -0.3 is 4.74 Å². The lowest BCUT2D eigenvalue weighted by molar-refractivity contribution is -0.125. The summed E-state index contributed by atoms with van der Waals surface area (Å²) in [5, 5.41) is 2.24. The topological polar surface area (TPSA) is 55.4 Å². The van der Waals surface area contributed by atoms with Crippen molar-refractivity contribution in [2.45, 2.75) is 13.0 Å². The highest BCUT2D eigenvalue weighted by Crippen LogP contribution is 2.21. The summed E-state index contributed by atoms with van der Waals surface area (Å²) in [5.74, 6) is -0.371. The zero-order valence-electron chi connectivity index (χ0n) is 7.61. The van der Waals surface area contributed by atoms with Crippen molar-refractivity contribution < 1.29 is 14.3 Å². The summed E-state index contributed by atoms with van der Waals surface area (Å²) in [6, 6.07) is 6.77. The lowest BCUT2D eigenvalue weighted by Gasteiger charge is -2.09. The van der Waals surface area contributed by atoms with Crippen LogP contribution in [0.2, 0.25) is 0 Å². The Kier molecular flexibility index (Phi) is 1.96. The summed E-state index contributed by atoms with van der Waals surface area (Å²) in [6.07, 6.45) is -0.636. The van der Waals surface area contributed by atoms with Crippen molar-refractivity contribution in [1.82, 2.24) is 5.32 Å². The molecular formula is C10H9NO3. The molecule has 2 rings (SSSR count). The van der Waals surface area contributed by atoms with E-state index in [-0.39, 0.29) is 0 Å². The highest BCUT2D eigenvalue weighted by molar-refractivity contribution is 6.08. The Labute approximate surface area is 80.9 Å². The third-order valence-corrected chi connectivity index (χ3v) is 2.04. The first-order chi connectivity index (χ1) is 6.68. The number of fused-ring (bicyclic) bond motifs is 1. The van der Waals surface area contributed by atoms with Crippen LogP contribution in [0.1, 0.15) is 17.3 Å². The van der Waals surface area contributed by atoms with Crippen molar-refractivity contribution >= 4 is 11.8 Å². The van der Waals surface area contributed by atoms with E-state index in [1.165, 1.54) is 0 Å². The van der Waals surface area contributed by atoms with Gasteiger partial charge in [0.2, 0.25) is 0 Å². The number of amides is 2. The minimum absolute atomic E-state index is 0.394. The average Bonchev–Trinajstić information content (AvgIpc) is 2.27. The number of rotatable bonds is 0. The van der Waals surface area contributed by atoms with Gasteiger partial charge in [0.05, 0.1) is 5.56 Å². The minimum Gasteiger partial charge on any atom is -0.480 e. The molecule has 1 heterocycles. The molecule has 0 radical (unpaired) electrons. The summed E-state index contributed by atoms with van der Waals surface area (Å²) in [5.41, 5.74) is 0.394. The monoisotopic (exact) mass is 191 g/mol. The molecule has 2 amide bonds. The first-order valence-corrected chi connectivity index (χ1v) is 4.29. The SMILES string of the molecule is C[C@H]1Oc2ccccc2C(=O)NC1=O. The van der Waals surface area contributed by atoms with Crippen molar-refractivity contribution in [1.29, 1.82) is 0 Å². The molecule has 4 nitrogen and oxygen atoms in total. The van der Waals surface area contributed by atoms with Gasteiger partial charge in [-0.25, -0.2) is 0 Å². The normalized spacial score (nSPS) is 20.5. The number of imide groups is 1. The fourth-order valence-electron chi connectivity index (χ4n) is 1.28. The third-order valence-electron chi connectivity index (χ3n) is 2.04. The Balaban J connectivity index is 2.48. The summed E-state index contributed by atoms with van der Waals surface area (Å²) in [4.78, 5) is 22.7. The second kappa shape index (κ2) is 3.14. The van der Waals surface area contributed by atoms with Crippen molar-refractivity contribution in [3.63, 3.8) is 0 Å². The van der Waals surface area contributed by atoms with Gasteiger partial charge in [0.15, 0.2) is 6.10 Å². The van der Waals surface area contributed by atoms with Gasteiger partial charge >= 0.3 is 0 Å². The van der Waals surface area contributed by atoms with E-state index in [0.717, 1.165) is 0 Å². The molecule has 1 aliphatic heterocycles. The van der Waals surface area contributed by atoms with Crippen LogP contribution in [-0.2, 0) is 4.79 Å². The molecule has 72 valence electrons. The van der Waals surface area contributed by atoms with Gasteiger partial charge in [0, 0.05) is 0 Å². The molecule has 0 aliphatic carbocycles. The standard InChI is InChI=1S/C10H9NO3/c1-6-9(12)11-10(13)7-4-2-3-5-8(7)14-6/h2-6H,1H3,(H,11,12,13)/t6-/m1/s1. The highest BCUT2D eigenvalue weighted by Gasteiger charge is 2.25. The van der Waals surface area contributed by atoms with Crippen LogP contribution in [0.15, 0.2) is 24.3 Å². The van der Waals surface area contributed by atoms with Gasteiger partial charge in [-0.2, -0.15) is 0 Å². The zero-order valence-corrected chi connectivity index (χ0v) is 7.61. The molecule has 4 heteroatoms. The number of ether oxygens (including phenoxy) is 1. The van der Waals surface area contributed by atoms with E-state index in [4.69, 9.17) is 4.74 Å². The smallest absolute Gasteiger partial charge is 0.267 e. The summed E-state index contributed by atoms with van der Waals surface area (Å²) in [7, 11) is 0. The van der Waals surface area contributed by atoms with E-state index in [9.17, 15) is 9.59 Å². The summed E-state index contributed by atoms with van der Waals surface area (Å²) >= 11 is 0. The summed E-state index contributed by atoms with van der Waals surface area (Å²) < 4.78 is 5.31. The van der Waals surface area contributed by atoms with E-state index in [2.05, 4.69) is 5.32 Å². The minimum atomic E-state index is -0.636. The third kappa shape index (κ3) is 1.35. The molecule has 1 atom stereocenters. The maximum Gasteiger partial charge on any atom is 0.267 e. The van der Waals surface area contributed by atoms with Gasteiger partial charge in [0.25, 0.3) is 11.8 Å². The number of nitrogens with one attached hydrogen (secondary N) is 1. The highest BCUT2D eigenvalue weighted by atomic mass is 16.5. The Bertz CT molecular complexity index is 400. The van der Waals surface area contributed by atoms with Gasteiger partial charge in [-0.3, -0.25) is 14.9 Å². The first kappa shape index (κ1) is 8.74. The van der Waals surface area contributed by atoms with Crippen LogP contribution in [0, 0.1) is 0 Å². The Morgan fingerprint density at radius 1 is 1.29 bits per heavy atom. The van der Waals surface area contributed by atoms with Crippen molar-refractivity contribution in [3.8, 4) is 5.75 Å². The lowest BCUT2D eigenvalue weighted by atomic mass is 10.2. The van der Waals surface area contributed by atoms with Crippen LogP contribution < -0.4 is 10.1 Å². The van der Waals surface area contributed by atoms with Gasteiger partial charge in [0.1, 0.15) is 5.75 Å². The van der Waals surface area contributed by atoms with Crippen molar-refractivity contribution in [2.75, 3.05) is 0 Å². The van der Waals surface area contributed by atoms with Gasteiger partial charge in [-0.05, 0) is 19.1 Å². The Morgan fingerprint density at radius 3 is 2.79 bits per heavy atom. The molecule has 14 heavy (non-hydrogen) atoms. The zero-order chi connectivity index (χ0) is 10.1. The lowest BCUT2D eigenvalue weighted by Crippen LogP contribution is -2.36. The molecule has 0 aromatic heterocycles. The van der Waals surface area contributed by atoms with E-state index in [1.807, 2.05) is 0 Å².